The second-order valence-electron chi connectivity index (χ2n) is 5.38. The van der Waals surface area contributed by atoms with E-state index in [1.54, 1.807) is 4.90 Å². The predicted molar refractivity (Wildman–Crippen MR) is 73.4 cm³/mol. The maximum Gasteiger partial charge on any atom is 0.242 e. The number of benzene rings is 1. The van der Waals surface area contributed by atoms with Crippen LogP contribution < -0.4 is 10.6 Å². The Balaban J connectivity index is 1.98. The highest BCUT2D eigenvalue weighted by molar-refractivity contribution is 5.88. The van der Waals surface area contributed by atoms with Gasteiger partial charge in [0.05, 0.1) is 5.54 Å². The molecule has 1 aromatic rings. The molecule has 98 valence electrons. The largest absolute Gasteiger partial charge is 0.378 e. The van der Waals surface area contributed by atoms with Gasteiger partial charge in [0.2, 0.25) is 5.91 Å². The number of nitrogens with two attached hydrogens (primary N) is 1. The number of hydrogen-bond acceptors (Lipinski definition) is 3. The third-order valence-corrected chi connectivity index (χ3v) is 3.43. The molecule has 18 heavy (non-hydrogen) atoms. The molecule has 4 heteroatoms. The van der Waals surface area contributed by atoms with Gasteiger partial charge in [-0.3, -0.25) is 4.79 Å². The van der Waals surface area contributed by atoms with Crippen LogP contribution in [0.1, 0.15) is 18.4 Å². The van der Waals surface area contributed by atoms with E-state index in [9.17, 15) is 4.79 Å². The SMILES string of the molecule is CN(Cc1ccc(N(C)C)cc1)C(=O)C1(N)CC1. The molecule has 0 saturated heterocycles. The van der Waals surface area contributed by atoms with Gasteiger partial charge in [-0.2, -0.15) is 0 Å². The first-order chi connectivity index (χ1) is 8.42. The van der Waals surface area contributed by atoms with Crippen molar-refractivity contribution in [3.63, 3.8) is 0 Å². The third kappa shape index (κ3) is 2.64. The lowest BCUT2D eigenvalue weighted by molar-refractivity contribution is -0.132. The predicted octanol–water partition coefficient (Wildman–Crippen LogP) is 1.20. The first-order valence-corrected chi connectivity index (χ1v) is 6.23. The minimum atomic E-state index is -0.571. The number of hydrogen-bond donors (Lipinski definition) is 1. The van der Waals surface area contributed by atoms with Gasteiger partial charge in [0.1, 0.15) is 0 Å². The number of rotatable bonds is 4. The van der Waals surface area contributed by atoms with Crippen LogP contribution in [-0.4, -0.2) is 37.5 Å². The van der Waals surface area contributed by atoms with Crippen molar-refractivity contribution in [2.75, 3.05) is 26.0 Å². The summed E-state index contributed by atoms with van der Waals surface area (Å²) in [4.78, 5) is 15.8. The molecular weight excluding hydrogens is 226 g/mol. The van der Waals surface area contributed by atoms with Crippen molar-refractivity contribution in [2.24, 2.45) is 5.73 Å². The van der Waals surface area contributed by atoms with Crippen LogP contribution in [0.4, 0.5) is 5.69 Å². The molecule has 2 rings (SSSR count). The number of anilines is 1. The normalized spacial score (nSPS) is 16.2. The van der Waals surface area contributed by atoms with E-state index >= 15 is 0 Å². The number of carbonyl (C=O) groups excluding carboxylic acids is 1. The molecule has 1 amide bonds. The van der Waals surface area contributed by atoms with E-state index in [0.717, 1.165) is 24.1 Å². The molecule has 1 fully saturated rings. The molecule has 2 N–H and O–H groups in total. The van der Waals surface area contributed by atoms with Gasteiger partial charge in [-0.15, -0.1) is 0 Å². The number of nitrogens with zero attached hydrogens (tertiary/aromatic N) is 2. The van der Waals surface area contributed by atoms with Gasteiger partial charge in [0, 0.05) is 33.4 Å². The van der Waals surface area contributed by atoms with Crippen molar-refractivity contribution in [1.82, 2.24) is 4.90 Å². The van der Waals surface area contributed by atoms with Gasteiger partial charge in [-0.25, -0.2) is 0 Å². The first-order valence-electron chi connectivity index (χ1n) is 6.23. The Bertz CT molecular complexity index is 435. The Morgan fingerprint density at radius 1 is 1.22 bits per heavy atom. The van der Waals surface area contributed by atoms with E-state index in [0.29, 0.717) is 6.54 Å². The summed E-state index contributed by atoms with van der Waals surface area (Å²) in [6.07, 6.45) is 1.63. The van der Waals surface area contributed by atoms with Crippen LogP contribution in [0.3, 0.4) is 0 Å². The summed E-state index contributed by atoms with van der Waals surface area (Å²) in [6.45, 7) is 0.617. The minimum Gasteiger partial charge on any atom is -0.378 e. The van der Waals surface area contributed by atoms with E-state index in [1.807, 2.05) is 21.1 Å². The molecule has 0 spiro atoms. The van der Waals surface area contributed by atoms with E-state index in [1.165, 1.54) is 0 Å². The first kappa shape index (κ1) is 12.9. The van der Waals surface area contributed by atoms with Crippen LogP contribution in [0, 0.1) is 0 Å². The van der Waals surface area contributed by atoms with Crippen LogP contribution in [0.15, 0.2) is 24.3 Å². The highest BCUT2D eigenvalue weighted by Gasteiger charge is 2.47. The zero-order chi connectivity index (χ0) is 13.3. The molecule has 0 radical (unpaired) electrons. The fourth-order valence-corrected chi connectivity index (χ4v) is 1.97. The summed E-state index contributed by atoms with van der Waals surface area (Å²) in [5, 5.41) is 0. The number of carbonyl (C=O) groups is 1. The standard InChI is InChI=1S/C14H21N3O/c1-16(2)12-6-4-11(5-7-12)10-17(3)13(18)14(15)8-9-14/h4-7H,8-10,15H2,1-3H3. The smallest absolute Gasteiger partial charge is 0.242 e. The van der Waals surface area contributed by atoms with Crippen LogP contribution in [0.5, 0.6) is 0 Å². The Morgan fingerprint density at radius 3 is 2.22 bits per heavy atom. The van der Waals surface area contributed by atoms with Gasteiger partial charge < -0.3 is 15.5 Å². The minimum absolute atomic E-state index is 0.0548. The summed E-state index contributed by atoms with van der Waals surface area (Å²) in [5.74, 6) is 0.0548. The lowest BCUT2D eigenvalue weighted by Crippen LogP contribution is -2.43. The van der Waals surface area contributed by atoms with E-state index in [4.69, 9.17) is 5.73 Å². The maximum absolute atomic E-state index is 12.0. The molecule has 1 saturated carbocycles. The van der Waals surface area contributed by atoms with Gasteiger partial charge >= 0.3 is 0 Å². The molecule has 0 aromatic heterocycles. The number of amides is 1. The third-order valence-electron chi connectivity index (χ3n) is 3.43. The van der Waals surface area contributed by atoms with Crippen molar-refractivity contribution in [3.05, 3.63) is 29.8 Å². The van der Waals surface area contributed by atoms with E-state index < -0.39 is 5.54 Å². The molecular formula is C14H21N3O. The van der Waals surface area contributed by atoms with Crippen LogP contribution in [-0.2, 0) is 11.3 Å². The fraction of sp³-hybridized carbons (Fsp3) is 0.500. The summed E-state index contributed by atoms with van der Waals surface area (Å²) in [7, 11) is 5.83. The summed E-state index contributed by atoms with van der Waals surface area (Å²) < 4.78 is 0. The van der Waals surface area contributed by atoms with E-state index in [-0.39, 0.29) is 5.91 Å². The van der Waals surface area contributed by atoms with Crippen LogP contribution >= 0.6 is 0 Å². The molecule has 0 heterocycles. The maximum atomic E-state index is 12.0. The zero-order valence-corrected chi connectivity index (χ0v) is 11.3. The summed E-state index contributed by atoms with van der Waals surface area (Å²) in [5.41, 5.74) is 7.62. The average molecular weight is 247 g/mol. The zero-order valence-electron chi connectivity index (χ0n) is 11.3. The molecule has 0 atom stereocenters. The van der Waals surface area contributed by atoms with Crippen LogP contribution in [0.2, 0.25) is 0 Å². The summed E-state index contributed by atoms with van der Waals surface area (Å²) in [6, 6.07) is 8.22. The molecule has 4 nitrogen and oxygen atoms in total. The Kier molecular flexibility index (Phi) is 3.30. The van der Waals surface area contributed by atoms with Crippen molar-refractivity contribution in [2.45, 2.75) is 24.9 Å². The van der Waals surface area contributed by atoms with Crippen molar-refractivity contribution >= 4 is 11.6 Å². The molecule has 1 aliphatic rings. The Labute approximate surface area is 108 Å². The number of likely N-dealkylation sites (N-methyl/N-ethyl adjacent to an activating group) is 1. The lowest BCUT2D eigenvalue weighted by Gasteiger charge is -2.21. The summed E-state index contributed by atoms with van der Waals surface area (Å²) >= 11 is 0. The Hall–Kier alpha value is -1.55. The van der Waals surface area contributed by atoms with Gasteiger partial charge in [-0.05, 0) is 30.5 Å². The van der Waals surface area contributed by atoms with Crippen molar-refractivity contribution in [3.8, 4) is 0 Å². The highest BCUT2D eigenvalue weighted by atomic mass is 16.2. The second-order valence-corrected chi connectivity index (χ2v) is 5.38. The van der Waals surface area contributed by atoms with Crippen molar-refractivity contribution < 1.29 is 4.79 Å². The lowest BCUT2D eigenvalue weighted by atomic mass is 10.1. The second kappa shape index (κ2) is 4.61. The van der Waals surface area contributed by atoms with Gasteiger partial charge in [0.25, 0.3) is 0 Å². The molecule has 1 aliphatic carbocycles. The van der Waals surface area contributed by atoms with Crippen LogP contribution in [0.25, 0.3) is 0 Å². The highest BCUT2D eigenvalue weighted by Crippen LogP contribution is 2.34. The fourth-order valence-electron chi connectivity index (χ4n) is 1.97. The van der Waals surface area contributed by atoms with E-state index in [2.05, 4.69) is 29.2 Å². The quantitative estimate of drug-likeness (QED) is 0.870. The molecule has 0 bridgehead atoms. The van der Waals surface area contributed by atoms with Gasteiger partial charge in [-0.1, -0.05) is 12.1 Å². The molecule has 0 aliphatic heterocycles. The van der Waals surface area contributed by atoms with Crippen molar-refractivity contribution in [1.29, 1.82) is 0 Å². The Morgan fingerprint density at radius 2 is 1.78 bits per heavy atom. The monoisotopic (exact) mass is 247 g/mol. The molecule has 1 aromatic carbocycles. The molecule has 0 unspecified atom stereocenters. The van der Waals surface area contributed by atoms with Gasteiger partial charge in [0.15, 0.2) is 0 Å². The average Bonchev–Trinajstić information content (AvgIpc) is 3.08. The topological polar surface area (TPSA) is 49.6 Å².